The molecular formula is C20H22N2O8. The van der Waals surface area contributed by atoms with Crippen molar-refractivity contribution in [3.05, 3.63) is 57.6 Å². The Bertz CT molecular complexity index is 930. The molecule has 0 aliphatic heterocycles. The van der Waals surface area contributed by atoms with Gasteiger partial charge >= 0.3 is 11.7 Å². The largest absolute Gasteiger partial charge is 0.493 e. The maximum Gasteiger partial charge on any atom is 0.327 e. The van der Waals surface area contributed by atoms with Crippen molar-refractivity contribution in [3.63, 3.8) is 0 Å². The van der Waals surface area contributed by atoms with Gasteiger partial charge in [0.15, 0.2) is 5.75 Å². The van der Waals surface area contributed by atoms with Crippen molar-refractivity contribution in [1.29, 1.82) is 0 Å². The summed E-state index contributed by atoms with van der Waals surface area (Å²) in [5, 5.41) is 14.4. The number of nitro groups is 1. The number of hydrogen-bond acceptors (Lipinski definition) is 8. The molecule has 160 valence electrons. The molecule has 0 aliphatic rings. The lowest BCUT2D eigenvalue weighted by Gasteiger charge is -2.19. The number of methoxy groups -OCH3 is 4. The van der Waals surface area contributed by atoms with Gasteiger partial charge in [-0.2, -0.15) is 0 Å². The third-order valence-corrected chi connectivity index (χ3v) is 4.34. The molecule has 1 unspecified atom stereocenters. The van der Waals surface area contributed by atoms with Gasteiger partial charge in [-0.3, -0.25) is 19.7 Å². The smallest absolute Gasteiger partial charge is 0.327 e. The summed E-state index contributed by atoms with van der Waals surface area (Å²) in [7, 11) is 5.08. The van der Waals surface area contributed by atoms with E-state index in [0.717, 1.165) is 0 Å². The van der Waals surface area contributed by atoms with E-state index in [-0.39, 0.29) is 29.2 Å². The lowest BCUT2D eigenvalue weighted by atomic mass is 10.0. The highest BCUT2D eigenvalue weighted by Crippen LogP contribution is 2.46. The van der Waals surface area contributed by atoms with Crippen molar-refractivity contribution < 1.29 is 33.5 Å². The number of nitrogens with one attached hydrogen (secondary N) is 1. The van der Waals surface area contributed by atoms with Crippen molar-refractivity contribution in [1.82, 2.24) is 5.32 Å². The number of esters is 1. The molecule has 0 spiro atoms. The highest BCUT2D eigenvalue weighted by atomic mass is 16.6. The van der Waals surface area contributed by atoms with Crippen molar-refractivity contribution in [3.8, 4) is 17.2 Å². The van der Waals surface area contributed by atoms with Gasteiger partial charge in [-0.15, -0.1) is 0 Å². The average Bonchev–Trinajstić information content (AvgIpc) is 2.76. The summed E-state index contributed by atoms with van der Waals surface area (Å²) in [6.07, 6.45) is -0.162. The van der Waals surface area contributed by atoms with Gasteiger partial charge in [0.05, 0.1) is 45.8 Å². The number of ether oxygens (including phenoxy) is 4. The van der Waals surface area contributed by atoms with E-state index in [1.54, 1.807) is 30.3 Å². The Morgan fingerprint density at radius 3 is 2.17 bits per heavy atom. The van der Waals surface area contributed by atoms with Crippen LogP contribution in [0.15, 0.2) is 36.4 Å². The first-order valence-corrected chi connectivity index (χ1v) is 8.77. The van der Waals surface area contributed by atoms with Crippen molar-refractivity contribution >= 4 is 17.6 Å². The molecule has 2 aromatic rings. The Balaban J connectivity index is 2.54. The molecule has 0 bridgehead atoms. The molecule has 1 N–H and O–H groups in total. The summed E-state index contributed by atoms with van der Waals surface area (Å²) in [5.74, 6) is -1.54. The third kappa shape index (κ3) is 4.77. The second-order valence-corrected chi connectivity index (χ2v) is 6.02. The molecule has 0 radical (unpaired) electrons. The van der Waals surface area contributed by atoms with E-state index in [0.29, 0.717) is 5.56 Å². The van der Waals surface area contributed by atoms with Crippen LogP contribution in [0.4, 0.5) is 5.69 Å². The molecule has 0 fully saturated rings. The minimum atomic E-state index is -0.793. The van der Waals surface area contributed by atoms with E-state index < -0.39 is 28.5 Å². The number of benzene rings is 2. The SMILES string of the molecule is COC(=O)CC(NC(=O)c1cc(OC)c(OC)c(OC)c1[N+](=O)[O-])c1ccccc1. The Morgan fingerprint density at radius 2 is 1.67 bits per heavy atom. The van der Waals surface area contributed by atoms with E-state index in [2.05, 4.69) is 5.32 Å². The number of amides is 1. The Kier molecular flexibility index (Phi) is 7.56. The molecule has 2 rings (SSSR count). The molecule has 0 saturated carbocycles. The normalized spacial score (nSPS) is 11.2. The average molecular weight is 418 g/mol. The molecule has 0 saturated heterocycles. The molecule has 30 heavy (non-hydrogen) atoms. The molecule has 0 aromatic heterocycles. The topological polar surface area (TPSA) is 126 Å². The van der Waals surface area contributed by atoms with Crippen molar-refractivity contribution in [2.45, 2.75) is 12.5 Å². The summed E-state index contributed by atoms with van der Waals surface area (Å²) in [6, 6.07) is 9.13. The third-order valence-electron chi connectivity index (χ3n) is 4.34. The summed E-state index contributed by atoms with van der Waals surface area (Å²) in [5.41, 5.74) is -0.260. The number of nitrogens with zero attached hydrogens (tertiary/aromatic N) is 1. The number of hydrogen-bond donors (Lipinski definition) is 1. The minimum Gasteiger partial charge on any atom is -0.493 e. The molecule has 10 nitrogen and oxygen atoms in total. The lowest BCUT2D eigenvalue weighted by Crippen LogP contribution is -2.31. The van der Waals surface area contributed by atoms with E-state index in [1.165, 1.54) is 34.5 Å². The molecule has 0 aliphatic carbocycles. The maximum atomic E-state index is 13.0. The van der Waals surface area contributed by atoms with Gasteiger partial charge < -0.3 is 24.3 Å². The molecule has 1 amide bonds. The van der Waals surface area contributed by atoms with Gasteiger partial charge in [0.1, 0.15) is 5.56 Å². The second kappa shape index (κ2) is 10.1. The van der Waals surface area contributed by atoms with Gasteiger partial charge in [0.2, 0.25) is 11.5 Å². The van der Waals surface area contributed by atoms with Gasteiger partial charge in [0.25, 0.3) is 5.91 Å². The van der Waals surface area contributed by atoms with Crippen LogP contribution >= 0.6 is 0 Å². The van der Waals surface area contributed by atoms with Crippen LogP contribution in [-0.2, 0) is 9.53 Å². The minimum absolute atomic E-state index is 0.0163. The zero-order valence-corrected chi connectivity index (χ0v) is 17.0. The molecule has 0 heterocycles. The van der Waals surface area contributed by atoms with E-state index in [9.17, 15) is 19.7 Å². The fourth-order valence-electron chi connectivity index (χ4n) is 2.92. The number of carbonyl (C=O) groups is 2. The Labute approximate surface area is 172 Å². The number of carbonyl (C=O) groups excluding carboxylic acids is 2. The van der Waals surface area contributed by atoms with Gasteiger partial charge in [0, 0.05) is 6.07 Å². The summed E-state index contributed by atoms with van der Waals surface area (Å²) in [6.45, 7) is 0. The molecule has 2 aromatic carbocycles. The Morgan fingerprint density at radius 1 is 1.03 bits per heavy atom. The zero-order chi connectivity index (χ0) is 22.3. The summed E-state index contributed by atoms with van der Waals surface area (Å²) >= 11 is 0. The van der Waals surface area contributed by atoms with Crippen LogP contribution in [-0.4, -0.2) is 45.2 Å². The van der Waals surface area contributed by atoms with Crippen LogP contribution in [0, 0.1) is 10.1 Å². The number of rotatable bonds is 9. The van der Waals surface area contributed by atoms with Crippen LogP contribution in [0.2, 0.25) is 0 Å². The van der Waals surface area contributed by atoms with Crippen LogP contribution < -0.4 is 19.5 Å². The second-order valence-electron chi connectivity index (χ2n) is 6.02. The number of nitro benzene ring substituents is 1. The van der Waals surface area contributed by atoms with Crippen LogP contribution in [0.5, 0.6) is 17.2 Å². The highest BCUT2D eigenvalue weighted by Gasteiger charge is 2.33. The summed E-state index contributed by atoms with van der Waals surface area (Å²) in [4.78, 5) is 35.9. The first-order valence-electron chi connectivity index (χ1n) is 8.77. The predicted octanol–water partition coefficient (Wildman–Crippen LogP) is 2.65. The molecular weight excluding hydrogens is 396 g/mol. The Hall–Kier alpha value is -3.82. The quantitative estimate of drug-likeness (QED) is 0.374. The first-order chi connectivity index (χ1) is 14.4. The fraction of sp³-hybridized carbons (Fsp3) is 0.300. The van der Waals surface area contributed by atoms with E-state index in [4.69, 9.17) is 18.9 Å². The molecule has 10 heteroatoms. The lowest BCUT2D eigenvalue weighted by molar-refractivity contribution is -0.386. The van der Waals surface area contributed by atoms with Gasteiger partial charge in [-0.05, 0) is 5.56 Å². The standard InChI is InChI=1S/C20H22N2O8/c1-27-15-10-13(17(22(25)26)19(30-4)18(15)29-3)20(24)21-14(11-16(23)28-2)12-8-6-5-7-9-12/h5-10,14H,11H2,1-4H3,(H,21,24). The van der Waals surface area contributed by atoms with Crippen molar-refractivity contribution in [2.24, 2.45) is 0 Å². The monoisotopic (exact) mass is 418 g/mol. The van der Waals surface area contributed by atoms with Gasteiger partial charge in [-0.25, -0.2) is 0 Å². The van der Waals surface area contributed by atoms with Crippen LogP contribution in [0.25, 0.3) is 0 Å². The first kappa shape index (κ1) is 22.5. The van der Waals surface area contributed by atoms with Crippen LogP contribution in [0.3, 0.4) is 0 Å². The highest BCUT2D eigenvalue weighted by molar-refractivity contribution is 6.01. The van der Waals surface area contributed by atoms with E-state index >= 15 is 0 Å². The van der Waals surface area contributed by atoms with Crippen LogP contribution in [0.1, 0.15) is 28.4 Å². The molecule has 1 atom stereocenters. The van der Waals surface area contributed by atoms with Gasteiger partial charge in [-0.1, -0.05) is 30.3 Å². The van der Waals surface area contributed by atoms with E-state index in [1.807, 2.05) is 0 Å². The summed E-state index contributed by atoms with van der Waals surface area (Å²) < 4.78 is 20.2. The van der Waals surface area contributed by atoms with Crippen molar-refractivity contribution in [2.75, 3.05) is 28.4 Å². The maximum absolute atomic E-state index is 13.0. The fourth-order valence-corrected chi connectivity index (χ4v) is 2.92. The zero-order valence-electron chi connectivity index (χ0n) is 17.0. The predicted molar refractivity (Wildman–Crippen MR) is 106 cm³/mol.